The van der Waals surface area contributed by atoms with Crippen LogP contribution in [0.1, 0.15) is 30.9 Å². The summed E-state index contributed by atoms with van der Waals surface area (Å²) in [5.74, 6) is 6.52. The maximum Gasteiger partial charge on any atom is 0.0398 e. The van der Waals surface area contributed by atoms with Gasteiger partial charge < -0.3 is 0 Å². The van der Waals surface area contributed by atoms with Crippen LogP contribution in [0.5, 0.6) is 0 Å². The van der Waals surface area contributed by atoms with Crippen LogP contribution >= 0.6 is 0 Å². The van der Waals surface area contributed by atoms with E-state index in [0.717, 1.165) is 30.5 Å². The monoisotopic (exact) mass is 389 g/mol. The van der Waals surface area contributed by atoms with Crippen molar-refractivity contribution in [3.05, 3.63) is 114 Å². The second-order valence-corrected chi connectivity index (χ2v) is 6.90. The highest BCUT2D eigenvalue weighted by Gasteiger charge is 1.97. The fourth-order valence-corrected chi connectivity index (χ4v) is 3.01. The molecule has 0 unspecified atom stereocenters. The number of allylic oxidation sites excluding steroid dienone is 4. The Labute approximate surface area is 180 Å². The van der Waals surface area contributed by atoms with Crippen molar-refractivity contribution in [3.63, 3.8) is 0 Å². The number of benzene rings is 3. The van der Waals surface area contributed by atoms with Crippen LogP contribution in [0.25, 0.3) is 16.7 Å². The molecule has 3 rings (SSSR count). The third kappa shape index (κ3) is 6.76. The van der Waals surface area contributed by atoms with Crippen LogP contribution < -0.4 is 0 Å². The summed E-state index contributed by atoms with van der Waals surface area (Å²) in [5.41, 5.74) is 5.80. The Bertz CT molecular complexity index is 1040. The van der Waals surface area contributed by atoms with Crippen molar-refractivity contribution in [2.45, 2.75) is 19.8 Å². The van der Waals surface area contributed by atoms with Crippen LogP contribution in [0.2, 0.25) is 0 Å². The molecular weight excluding hydrogens is 362 g/mol. The van der Waals surface area contributed by atoms with Crippen LogP contribution in [0.4, 0.5) is 0 Å². The summed E-state index contributed by atoms with van der Waals surface area (Å²) in [7, 11) is 0. The second kappa shape index (κ2) is 12.0. The zero-order valence-corrected chi connectivity index (χ0v) is 17.5. The predicted octanol–water partition coefficient (Wildman–Crippen LogP) is 7.22. The van der Waals surface area contributed by atoms with Gasteiger partial charge in [0.2, 0.25) is 0 Å². The van der Waals surface area contributed by atoms with Gasteiger partial charge in [-0.05, 0) is 47.7 Å². The van der Waals surface area contributed by atoms with E-state index in [0.29, 0.717) is 0 Å². The van der Waals surface area contributed by atoms with E-state index >= 15 is 0 Å². The smallest absolute Gasteiger partial charge is 0.0398 e. The van der Waals surface area contributed by atoms with E-state index in [4.69, 9.17) is 0 Å². The largest absolute Gasteiger partial charge is 0.293 e. The minimum absolute atomic E-state index is 0.779. The molecule has 1 heteroatoms. The third-order valence-corrected chi connectivity index (χ3v) is 4.62. The van der Waals surface area contributed by atoms with Crippen LogP contribution in [-0.4, -0.2) is 12.8 Å². The molecule has 0 fully saturated rings. The number of hydrogen-bond donors (Lipinski definition) is 0. The Hall–Kier alpha value is -3.63. The standard InChI is InChI=1S/C29H27N/c1-2-3-14-29(27-17-10-5-11-18-27)24-30-23-12-6-7-13-25-19-21-28(22-20-25)26-15-8-4-9-16-26/h2-5,8-11,14-22,24H,6,12,23H2,1H3/b3-2-,29-14+,30-24?. The summed E-state index contributed by atoms with van der Waals surface area (Å²) in [6.45, 7) is 2.80. The number of hydrogen-bond acceptors (Lipinski definition) is 1. The van der Waals surface area contributed by atoms with Crippen molar-refractivity contribution in [1.82, 2.24) is 0 Å². The van der Waals surface area contributed by atoms with E-state index in [2.05, 4.69) is 95.7 Å². The van der Waals surface area contributed by atoms with Crippen LogP contribution in [-0.2, 0) is 0 Å². The second-order valence-electron chi connectivity index (χ2n) is 6.90. The number of aliphatic imine (C=N–C) groups is 1. The van der Waals surface area contributed by atoms with Gasteiger partial charge in [0.1, 0.15) is 0 Å². The maximum absolute atomic E-state index is 4.60. The van der Waals surface area contributed by atoms with Crippen molar-refractivity contribution in [1.29, 1.82) is 0 Å². The number of unbranched alkanes of at least 4 members (excludes halogenated alkanes) is 1. The lowest BCUT2D eigenvalue weighted by Crippen LogP contribution is -1.88. The van der Waals surface area contributed by atoms with Gasteiger partial charge in [-0.25, -0.2) is 0 Å². The fraction of sp³-hybridized carbons (Fsp3) is 0.138. The lowest BCUT2D eigenvalue weighted by molar-refractivity contribution is 0.874. The molecule has 3 aromatic carbocycles. The van der Waals surface area contributed by atoms with Gasteiger partial charge in [0.15, 0.2) is 0 Å². The molecule has 1 nitrogen and oxygen atoms in total. The molecule has 0 saturated heterocycles. The minimum Gasteiger partial charge on any atom is -0.293 e. The summed E-state index contributed by atoms with van der Waals surface area (Å²) in [4.78, 5) is 4.60. The highest BCUT2D eigenvalue weighted by molar-refractivity contribution is 6.10. The summed E-state index contributed by atoms with van der Waals surface area (Å²) >= 11 is 0. The zero-order chi connectivity index (χ0) is 20.9. The van der Waals surface area contributed by atoms with Crippen molar-refractivity contribution >= 4 is 11.8 Å². The molecule has 0 aromatic heterocycles. The summed E-state index contributed by atoms with van der Waals surface area (Å²) in [6, 6.07) is 29.2. The van der Waals surface area contributed by atoms with E-state index in [9.17, 15) is 0 Å². The molecule has 0 radical (unpaired) electrons. The molecule has 0 heterocycles. The van der Waals surface area contributed by atoms with E-state index < -0.39 is 0 Å². The predicted molar refractivity (Wildman–Crippen MR) is 131 cm³/mol. The van der Waals surface area contributed by atoms with E-state index in [1.54, 1.807) is 0 Å². The first-order valence-corrected chi connectivity index (χ1v) is 10.4. The van der Waals surface area contributed by atoms with Gasteiger partial charge in [-0.3, -0.25) is 4.99 Å². The quantitative estimate of drug-likeness (QED) is 0.175. The first-order valence-electron chi connectivity index (χ1n) is 10.4. The fourth-order valence-electron chi connectivity index (χ4n) is 3.01. The molecular formula is C29H27N. The Morgan fingerprint density at radius 2 is 1.50 bits per heavy atom. The van der Waals surface area contributed by atoms with Crippen LogP contribution in [0, 0.1) is 11.8 Å². The van der Waals surface area contributed by atoms with E-state index in [-0.39, 0.29) is 0 Å². The topological polar surface area (TPSA) is 12.4 Å². The van der Waals surface area contributed by atoms with Gasteiger partial charge in [0.25, 0.3) is 0 Å². The van der Waals surface area contributed by atoms with Gasteiger partial charge in [0, 0.05) is 24.7 Å². The molecule has 30 heavy (non-hydrogen) atoms. The van der Waals surface area contributed by atoms with E-state index in [1.807, 2.05) is 37.4 Å². The van der Waals surface area contributed by atoms with Crippen LogP contribution in [0.15, 0.2) is 108 Å². The summed E-state index contributed by atoms with van der Waals surface area (Å²) in [6.07, 6.45) is 9.93. The molecule has 0 aliphatic heterocycles. The van der Waals surface area contributed by atoms with Gasteiger partial charge in [-0.2, -0.15) is 0 Å². The average molecular weight is 390 g/mol. The third-order valence-electron chi connectivity index (χ3n) is 4.62. The number of nitrogens with zero attached hydrogens (tertiary/aromatic N) is 1. The Morgan fingerprint density at radius 3 is 2.20 bits per heavy atom. The summed E-state index contributed by atoms with van der Waals surface area (Å²) in [5, 5.41) is 0. The van der Waals surface area contributed by atoms with Crippen molar-refractivity contribution in [2.24, 2.45) is 4.99 Å². The lowest BCUT2D eigenvalue weighted by atomic mass is 10.0. The van der Waals surface area contributed by atoms with Gasteiger partial charge in [0.05, 0.1) is 0 Å². The molecule has 0 spiro atoms. The van der Waals surface area contributed by atoms with Crippen molar-refractivity contribution in [2.75, 3.05) is 6.54 Å². The molecule has 0 aliphatic rings. The molecule has 0 aliphatic carbocycles. The van der Waals surface area contributed by atoms with Gasteiger partial charge in [-0.1, -0.05) is 103 Å². The maximum atomic E-state index is 4.60. The van der Waals surface area contributed by atoms with Crippen molar-refractivity contribution in [3.8, 4) is 23.0 Å². The lowest BCUT2D eigenvalue weighted by Gasteiger charge is -2.01. The molecule has 0 saturated carbocycles. The minimum atomic E-state index is 0.779. The molecule has 0 amide bonds. The molecule has 0 N–H and O–H groups in total. The van der Waals surface area contributed by atoms with Gasteiger partial charge >= 0.3 is 0 Å². The molecule has 0 bridgehead atoms. The zero-order valence-electron chi connectivity index (χ0n) is 17.5. The van der Waals surface area contributed by atoms with Crippen LogP contribution in [0.3, 0.4) is 0 Å². The van der Waals surface area contributed by atoms with Crippen molar-refractivity contribution < 1.29 is 0 Å². The Balaban J connectivity index is 1.49. The SMILES string of the molecule is C/C=C\C=C(/C=NCCCC#Cc1ccc(-c2ccccc2)cc1)c1ccccc1. The van der Waals surface area contributed by atoms with Gasteiger partial charge in [-0.15, -0.1) is 0 Å². The molecule has 148 valence electrons. The summed E-state index contributed by atoms with van der Waals surface area (Å²) < 4.78 is 0. The molecule has 3 aromatic rings. The average Bonchev–Trinajstić information content (AvgIpc) is 2.82. The normalized spacial score (nSPS) is 11.6. The van der Waals surface area contributed by atoms with E-state index in [1.165, 1.54) is 16.7 Å². The highest BCUT2D eigenvalue weighted by Crippen LogP contribution is 2.19. The first-order chi connectivity index (χ1) is 14.9. The number of rotatable bonds is 7. The Morgan fingerprint density at radius 1 is 0.833 bits per heavy atom. The highest BCUT2D eigenvalue weighted by atomic mass is 14.7. The Kier molecular flexibility index (Phi) is 8.47. The first kappa shape index (κ1) is 21.1. The molecule has 0 atom stereocenters.